The van der Waals surface area contributed by atoms with Gasteiger partial charge in [-0.2, -0.15) is 0 Å². The highest BCUT2D eigenvalue weighted by Crippen LogP contribution is 2.37. The van der Waals surface area contributed by atoms with Crippen LogP contribution >= 0.6 is 23.2 Å². The molecule has 0 saturated heterocycles. The third-order valence-corrected chi connectivity index (χ3v) is 8.68. The number of hydrogen-bond acceptors (Lipinski definition) is 4. The van der Waals surface area contributed by atoms with Crippen LogP contribution in [0.25, 0.3) is 22.4 Å². The van der Waals surface area contributed by atoms with Gasteiger partial charge in [-0.1, -0.05) is 61.7 Å². The second kappa shape index (κ2) is 11.5. The SMILES string of the molecule is COc1ccc(-c2nc3cc(Cl)c(Cl)cc3n2CC(=O)N(C2CCCCC2)C2CCCCC2)c(OC)c1. The molecule has 37 heavy (non-hydrogen) atoms. The Labute approximate surface area is 228 Å². The zero-order valence-electron chi connectivity index (χ0n) is 21.6. The van der Waals surface area contributed by atoms with Crippen molar-refractivity contribution in [2.75, 3.05) is 14.2 Å². The highest BCUT2D eigenvalue weighted by atomic mass is 35.5. The molecule has 6 nitrogen and oxygen atoms in total. The Morgan fingerprint density at radius 1 is 0.919 bits per heavy atom. The van der Waals surface area contributed by atoms with E-state index in [0.717, 1.165) is 36.8 Å². The lowest BCUT2D eigenvalue weighted by atomic mass is 9.88. The minimum atomic E-state index is 0.151. The van der Waals surface area contributed by atoms with Crippen LogP contribution < -0.4 is 9.47 Å². The number of fused-ring (bicyclic) bond motifs is 1. The highest BCUT2D eigenvalue weighted by molar-refractivity contribution is 6.42. The van der Waals surface area contributed by atoms with Crippen molar-refractivity contribution >= 4 is 40.1 Å². The molecule has 5 rings (SSSR count). The molecule has 2 saturated carbocycles. The molecule has 198 valence electrons. The summed E-state index contributed by atoms with van der Waals surface area (Å²) >= 11 is 12.8. The lowest BCUT2D eigenvalue weighted by Gasteiger charge is -2.42. The van der Waals surface area contributed by atoms with E-state index in [0.29, 0.717) is 45.0 Å². The monoisotopic (exact) mass is 543 g/mol. The number of halogens is 2. The summed E-state index contributed by atoms with van der Waals surface area (Å²) in [5, 5.41) is 0.872. The smallest absolute Gasteiger partial charge is 0.243 e. The van der Waals surface area contributed by atoms with Crippen LogP contribution in [0.3, 0.4) is 0 Å². The Bertz CT molecular complexity index is 1250. The number of hydrogen-bond donors (Lipinski definition) is 0. The highest BCUT2D eigenvalue weighted by Gasteiger charge is 2.33. The maximum absolute atomic E-state index is 14.2. The number of carbonyl (C=O) groups is 1. The van der Waals surface area contributed by atoms with Crippen LogP contribution in [0.4, 0.5) is 0 Å². The Morgan fingerprint density at radius 2 is 1.54 bits per heavy atom. The van der Waals surface area contributed by atoms with Crippen molar-refractivity contribution in [3.63, 3.8) is 0 Å². The van der Waals surface area contributed by atoms with E-state index < -0.39 is 0 Å². The molecule has 2 aromatic carbocycles. The third kappa shape index (κ3) is 5.42. The van der Waals surface area contributed by atoms with Gasteiger partial charge in [0.25, 0.3) is 0 Å². The van der Waals surface area contributed by atoms with Gasteiger partial charge < -0.3 is 18.9 Å². The van der Waals surface area contributed by atoms with Gasteiger partial charge in [0.2, 0.25) is 5.91 Å². The van der Waals surface area contributed by atoms with Crippen molar-refractivity contribution in [2.45, 2.75) is 82.8 Å². The summed E-state index contributed by atoms with van der Waals surface area (Å²) in [6, 6.07) is 9.83. The lowest BCUT2D eigenvalue weighted by Crippen LogP contribution is -2.50. The second-order valence-electron chi connectivity index (χ2n) is 10.2. The molecule has 1 aromatic heterocycles. The van der Waals surface area contributed by atoms with E-state index in [1.54, 1.807) is 20.3 Å². The minimum absolute atomic E-state index is 0.151. The molecule has 0 aliphatic heterocycles. The molecule has 2 fully saturated rings. The van der Waals surface area contributed by atoms with Crippen molar-refractivity contribution in [3.8, 4) is 22.9 Å². The first-order valence-electron chi connectivity index (χ1n) is 13.4. The van der Waals surface area contributed by atoms with Gasteiger partial charge in [-0.25, -0.2) is 4.98 Å². The van der Waals surface area contributed by atoms with Crippen molar-refractivity contribution in [1.29, 1.82) is 0 Å². The summed E-state index contributed by atoms with van der Waals surface area (Å²) in [4.78, 5) is 21.4. The van der Waals surface area contributed by atoms with E-state index >= 15 is 0 Å². The molecular formula is C29H35Cl2N3O3. The van der Waals surface area contributed by atoms with E-state index in [9.17, 15) is 4.79 Å². The first-order chi connectivity index (χ1) is 18.0. The molecule has 0 bridgehead atoms. The first-order valence-corrected chi connectivity index (χ1v) is 14.1. The molecular weight excluding hydrogens is 509 g/mol. The number of benzene rings is 2. The van der Waals surface area contributed by atoms with E-state index in [-0.39, 0.29) is 12.5 Å². The summed E-state index contributed by atoms with van der Waals surface area (Å²) < 4.78 is 13.1. The van der Waals surface area contributed by atoms with Gasteiger partial charge in [-0.3, -0.25) is 4.79 Å². The van der Waals surface area contributed by atoms with E-state index in [2.05, 4.69) is 4.90 Å². The molecule has 0 unspecified atom stereocenters. The molecule has 0 N–H and O–H groups in total. The van der Waals surface area contributed by atoms with Gasteiger partial charge in [0.15, 0.2) is 0 Å². The molecule has 1 amide bonds. The van der Waals surface area contributed by atoms with Crippen molar-refractivity contribution in [1.82, 2.24) is 14.5 Å². The van der Waals surface area contributed by atoms with Crippen molar-refractivity contribution in [2.24, 2.45) is 0 Å². The van der Waals surface area contributed by atoms with Crippen molar-refractivity contribution < 1.29 is 14.3 Å². The minimum Gasteiger partial charge on any atom is -0.497 e. The Kier molecular flexibility index (Phi) is 8.15. The van der Waals surface area contributed by atoms with Gasteiger partial charge in [0, 0.05) is 18.2 Å². The van der Waals surface area contributed by atoms with E-state index in [1.807, 2.05) is 28.8 Å². The maximum atomic E-state index is 14.2. The molecule has 0 atom stereocenters. The molecule has 2 aliphatic carbocycles. The summed E-state index contributed by atoms with van der Waals surface area (Å²) in [7, 11) is 3.25. The lowest BCUT2D eigenvalue weighted by molar-refractivity contribution is -0.138. The van der Waals surface area contributed by atoms with Crippen molar-refractivity contribution in [3.05, 3.63) is 40.4 Å². The number of ether oxygens (including phenoxy) is 2. The predicted molar refractivity (Wildman–Crippen MR) is 149 cm³/mol. The molecule has 8 heteroatoms. The zero-order chi connectivity index (χ0) is 25.9. The van der Waals surface area contributed by atoms with Crippen LogP contribution in [0.1, 0.15) is 64.2 Å². The predicted octanol–water partition coefficient (Wildman–Crippen LogP) is 7.52. The fourth-order valence-corrected chi connectivity index (χ4v) is 6.43. The van der Waals surface area contributed by atoms with Gasteiger partial charge in [0.05, 0.1) is 40.9 Å². The Hall–Kier alpha value is -2.44. The largest absolute Gasteiger partial charge is 0.497 e. The number of methoxy groups -OCH3 is 2. The average Bonchev–Trinajstić information content (AvgIpc) is 3.26. The molecule has 2 aliphatic rings. The normalized spacial score (nSPS) is 17.2. The van der Waals surface area contributed by atoms with E-state index in [4.69, 9.17) is 37.7 Å². The fourth-order valence-electron chi connectivity index (χ4n) is 6.11. The maximum Gasteiger partial charge on any atom is 0.243 e. The van der Waals surface area contributed by atoms with Crippen LogP contribution in [0.15, 0.2) is 30.3 Å². The number of nitrogens with zero attached hydrogens (tertiary/aromatic N) is 3. The van der Waals surface area contributed by atoms with Crippen LogP contribution in [0, 0.1) is 0 Å². The van der Waals surface area contributed by atoms with Gasteiger partial charge in [0.1, 0.15) is 23.9 Å². The summed E-state index contributed by atoms with van der Waals surface area (Å²) in [5.74, 6) is 2.11. The third-order valence-electron chi connectivity index (χ3n) is 7.96. The Balaban J connectivity index is 1.59. The fraction of sp³-hybridized carbons (Fsp3) is 0.517. The summed E-state index contributed by atoms with van der Waals surface area (Å²) in [6.07, 6.45) is 11.7. The first kappa shape index (κ1) is 26.2. The number of rotatable bonds is 7. The van der Waals surface area contributed by atoms with Crippen LogP contribution in [0.5, 0.6) is 11.5 Å². The van der Waals surface area contributed by atoms with E-state index in [1.165, 1.54) is 38.5 Å². The number of imidazole rings is 1. The second-order valence-corrected chi connectivity index (χ2v) is 11.0. The molecule has 3 aromatic rings. The average molecular weight is 545 g/mol. The summed E-state index contributed by atoms with van der Waals surface area (Å²) in [5.41, 5.74) is 2.25. The Morgan fingerprint density at radius 3 is 2.14 bits per heavy atom. The molecule has 0 spiro atoms. The zero-order valence-corrected chi connectivity index (χ0v) is 23.2. The number of amides is 1. The van der Waals surface area contributed by atoms with Gasteiger partial charge >= 0.3 is 0 Å². The van der Waals surface area contributed by atoms with Crippen LogP contribution in [0.2, 0.25) is 10.0 Å². The quantitative estimate of drug-likeness (QED) is 0.309. The molecule has 0 radical (unpaired) electrons. The van der Waals surface area contributed by atoms with Gasteiger partial charge in [-0.15, -0.1) is 0 Å². The number of aromatic nitrogens is 2. The standard InChI is InChI=1S/C29H35Cl2N3O3/c1-36-21-13-14-22(27(15-21)37-2)29-32-25-16-23(30)24(31)17-26(25)33(29)18-28(35)34(19-9-5-3-6-10-19)20-11-7-4-8-12-20/h13-17,19-20H,3-12,18H2,1-2H3. The summed E-state index contributed by atoms with van der Waals surface area (Å²) in [6.45, 7) is 0.186. The van der Waals surface area contributed by atoms with Gasteiger partial charge in [-0.05, 0) is 49.9 Å². The van der Waals surface area contributed by atoms with Crippen LogP contribution in [-0.4, -0.2) is 46.7 Å². The van der Waals surface area contributed by atoms with Crippen LogP contribution in [-0.2, 0) is 11.3 Å². The topological polar surface area (TPSA) is 56.6 Å². The molecule has 1 heterocycles. The number of carbonyl (C=O) groups excluding carboxylic acids is 1.